The molecule has 0 amide bonds. The van der Waals surface area contributed by atoms with Gasteiger partial charge in [0.1, 0.15) is 0 Å². The smallest absolute Gasteiger partial charge is 0.0720 e. The fourth-order valence-corrected chi connectivity index (χ4v) is 2.16. The monoisotopic (exact) mass is 191 g/mol. The van der Waals surface area contributed by atoms with Crippen molar-refractivity contribution in [3.63, 3.8) is 0 Å². The fourth-order valence-electron chi connectivity index (χ4n) is 2.16. The zero-order chi connectivity index (χ0) is 10.0. The van der Waals surface area contributed by atoms with Gasteiger partial charge < -0.3 is 5.11 Å². The Bertz CT molecular complexity index is 298. The van der Waals surface area contributed by atoms with Crippen molar-refractivity contribution < 1.29 is 5.11 Å². The van der Waals surface area contributed by atoms with Crippen molar-refractivity contribution in [2.45, 2.75) is 38.2 Å². The molecule has 1 saturated carbocycles. The molecule has 14 heavy (non-hydrogen) atoms. The molecule has 1 aromatic heterocycles. The quantitative estimate of drug-likeness (QED) is 0.791. The van der Waals surface area contributed by atoms with E-state index in [9.17, 15) is 5.11 Å². The molecule has 1 aromatic rings. The average Bonchev–Trinajstić information content (AvgIpc) is 2.78. The summed E-state index contributed by atoms with van der Waals surface area (Å²) in [5.41, 5.74) is 0.790. The zero-order valence-corrected chi connectivity index (χ0v) is 8.61. The van der Waals surface area contributed by atoms with Crippen LogP contribution in [-0.2, 0) is 6.42 Å². The van der Waals surface area contributed by atoms with E-state index in [-0.39, 0.29) is 0 Å². The lowest BCUT2D eigenvalue weighted by atomic mass is 10.0. The van der Waals surface area contributed by atoms with Gasteiger partial charge in [-0.2, -0.15) is 0 Å². The number of aromatic nitrogens is 1. The lowest BCUT2D eigenvalue weighted by Crippen LogP contribution is -2.14. The van der Waals surface area contributed by atoms with E-state index in [0.29, 0.717) is 5.92 Å². The molecule has 2 rings (SSSR count). The SMILES string of the molecule is CCCC1CC1(O)Cc1ccncc1. The van der Waals surface area contributed by atoms with Crippen LogP contribution in [-0.4, -0.2) is 15.7 Å². The van der Waals surface area contributed by atoms with Crippen LogP contribution in [0.2, 0.25) is 0 Å². The minimum Gasteiger partial charge on any atom is -0.389 e. The normalized spacial score (nSPS) is 30.3. The van der Waals surface area contributed by atoms with E-state index >= 15 is 0 Å². The molecule has 2 atom stereocenters. The maximum atomic E-state index is 10.2. The molecule has 2 nitrogen and oxygen atoms in total. The van der Waals surface area contributed by atoms with Crippen molar-refractivity contribution in [3.8, 4) is 0 Å². The van der Waals surface area contributed by atoms with Gasteiger partial charge in [0.15, 0.2) is 0 Å². The first-order chi connectivity index (χ1) is 6.74. The first-order valence-corrected chi connectivity index (χ1v) is 5.36. The van der Waals surface area contributed by atoms with Crippen molar-refractivity contribution >= 4 is 0 Å². The molecule has 1 aliphatic rings. The van der Waals surface area contributed by atoms with Gasteiger partial charge in [0, 0.05) is 18.8 Å². The molecular weight excluding hydrogens is 174 g/mol. The third kappa shape index (κ3) is 1.95. The maximum Gasteiger partial charge on any atom is 0.0720 e. The predicted octanol–water partition coefficient (Wildman–Crippen LogP) is 2.18. The summed E-state index contributed by atoms with van der Waals surface area (Å²) in [5.74, 6) is 0.528. The number of nitrogens with zero attached hydrogens (tertiary/aromatic N) is 1. The summed E-state index contributed by atoms with van der Waals surface area (Å²) in [7, 11) is 0. The van der Waals surface area contributed by atoms with Crippen LogP contribution >= 0.6 is 0 Å². The van der Waals surface area contributed by atoms with Gasteiger partial charge in [0.2, 0.25) is 0 Å². The second-order valence-corrected chi connectivity index (χ2v) is 4.33. The number of rotatable bonds is 4. The van der Waals surface area contributed by atoms with Crippen LogP contribution in [0.5, 0.6) is 0 Å². The van der Waals surface area contributed by atoms with Crippen LogP contribution in [0.3, 0.4) is 0 Å². The van der Waals surface area contributed by atoms with Crippen molar-refractivity contribution in [1.82, 2.24) is 4.98 Å². The Balaban J connectivity index is 1.94. The van der Waals surface area contributed by atoms with Crippen molar-refractivity contribution in [3.05, 3.63) is 30.1 Å². The van der Waals surface area contributed by atoms with E-state index < -0.39 is 5.60 Å². The summed E-state index contributed by atoms with van der Waals surface area (Å²) in [4.78, 5) is 3.97. The highest BCUT2D eigenvalue weighted by Crippen LogP contribution is 2.48. The Morgan fingerprint density at radius 3 is 2.86 bits per heavy atom. The number of hydrogen-bond acceptors (Lipinski definition) is 2. The maximum absolute atomic E-state index is 10.2. The van der Waals surface area contributed by atoms with Crippen LogP contribution < -0.4 is 0 Å². The molecule has 76 valence electrons. The van der Waals surface area contributed by atoms with Crippen LogP contribution in [0.4, 0.5) is 0 Å². The lowest BCUT2D eigenvalue weighted by Gasteiger charge is -2.09. The third-order valence-corrected chi connectivity index (χ3v) is 3.10. The first-order valence-electron chi connectivity index (χ1n) is 5.36. The van der Waals surface area contributed by atoms with Gasteiger partial charge in [-0.05, 0) is 36.5 Å². The number of aliphatic hydroxyl groups is 1. The molecular formula is C12H17NO. The van der Waals surface area contributed by atoms with E-state index in [0.717, 1.165) is 19.3 Å². The molecule has 1 aliphatic carbocycles. The van der Waals surface area contributed by atoms with E-state index in [1.54, 1.807) is 12.4 Å². The molecule has 2 heteroatoms. The molecule has 0 saturated heterocycles. The minimum absolute atomic E-state index is 0.405. The highest BCUT2D eigenvalue weighted by atomic mass is 16.3. The predicted molar refractivity (Wildman–Crippen MR) is 55.9 cm³/mol. The molecule has 1 N–H and O–H groups in total. The zero-order valence-electron chi connectivity index (χ0n) is 8.61. The second-order valence-electron chi connectivity index (χ2n) is 4.33. The molecule has 0 aromatic carbocycles. The summed E-state index contributed by atoms with van der Waals surface area (Å²) in [6.45, 7) is 2.17. The number of hydrogen-bond donors (Lipinski definition) is 1. The van der Waals surface area contributed by atoms with E-state index in [2.05, 4.69) is 11.9 Å². The molecule has 0 spiro atoms. The molecule has 1 heterocycles. The van der Waals surface area contributed by atoms with Gasteiger partial charge in [-0.25, -0.2) is 0 Å². The molecule has 0 radical (unpaired) electrons. The van der Waals surface area contributed by atoms with Crippen molar-refractivity contribution in [1.29, 1.82) is 0 Å². The third-order valence-electron chi connectivity index (χ3n) is 3.10. The van der Waals surface area contributed by atoms with E-state index in [4.69, 9.17) is 0 Å². The van der Waals surface area contributed by atoms with Gasteiger partial charge >= 0.3 is 0 Å². The highest BCUT2D eigenvalue weighted by molar-refractivity contribution is 5.18. The Hall–Kier alpha value is -0.890. The lowest BCUT2D eigenvalue weighted by molar-refractivity contribution is 0.129. The standard InChI is InChI=1S/C12H17NO/c1-2-3-11-9-12(11,14)8-10-4-6-13-7-5-10/h4-7,11,14H,2-3,8-9H2,1H3. The largest absolute Gasteiger partial charge is 0.389 e. The topological polar surface area (TPSA) is 33.1 Å². The summed E-state index contributed by atoms with van der Waals surface area (Å²) in [6, 6.07) is 3.97. The van der Waals surface area contributed by atoms with E-state index in [1.165, 1.54) is 12.0 Å². The Kier molecular flexibility index (Phi) is 2.55. The molecule has 0 aliphatic heterocycles. The van der Waals surface area contributed by atoms with Crippen LogP contribution in [0.1, 0.15) is 31.7 Å². The van der Waals surface area contributed by atoms with Crippen molar-refractivity contribution in [2.75, 3.05) is 0 Å². The Labute approximate surface area is 85.0 Å². The van der Waals surface area contributed by atoms with E-state index in [1.807, 2.05) is 12.1 Å². The fraction of sp³-hybridized carbons (Fsp3) is 0.583. The van der Waals surface area contributed by atoms with Gasteiger partial charge in [-0.15, -0.1) is 0 Å². The summed E-state index contributed by atoms with van der Waals surface area (Å²) in [6.07, 6.45) is 7.67. The van der Waals surface area contributed by atoms with Crippen molar-refractivity contribution in [2.24, 2.45) is 5.92 Å². The van der Waals surface area contributed by atoms with Gasteiger partial charge in [-0.3, -0.25) is 4.98 Å². The van der Waals surface area contributed by atoms with Crippen LogP contribution in [0.25, 0.3) is 0 Å². The second kappa shape index (κ2) is 3.70. The Morgan fingerprint density at radius 1 is 1.50 bits per heavy atom. The first kappa shape index (κ1) is 9.66. The molecule has 0 bridgehead atoms. The van der Waals surface area contributed by atoms with Crippen LogP contribution in [0, 0.1) is 5.92 Å². The van der Waals surface area contributed by atoms with Crippen LogP contribution in [0.15, 0.2) is 24.5 Å². The highest BCUT2D eigenvalue weighted by Gasteiger charge is 2.51. The Morgan fingerprint density at radius 2 is 2.21 bits per heavy atom. The summed E-state index contributed by atoms with van der Waals surface area (Å²) < 4.78 is 0. The number of pyridine rings is 1. The van der Waals surface area contributed by atoms with Gasteiger partial charge in [0.05, 0.1) is 5.60 Å². The molecule has 1 fully saturated rings. The summed E-state index contributed by atoms with van der Waals surface area (Å²) in [5, 5.41) is 10.2. The summed E-state index contributed by atoms with van der Waals surface area (Å²) >= 11 is 0. The van der Waals surface area contributed by atoms with Gasteiger partial charge in [-0.1, -0.05) is 13.3 Å². The molecule has 2 unspecified atom stereocenters. The minimum atomic E-state index is -0.405. The van der Waals surface area contributed by atoms with Gasteiger partial charge in [0.25, 0.3) is 0 Å². The average molecular weight is 191 g/mol.